The molecule has 156 valence electrons. The lowest BCUT2D eigenvalue weighted by Gasteiger charge is -2.36. The summed E-state index contributed by atoms with van der Waals surface area (Å²) in [6.07, 6.45) is 3.18. The highest BCUT2D eigenvalue weighted by Crippen LogP contribution is 2.20. The molecule has 1 amide bonds. The van der Waals surface area contributed by atoms with E-state index in [0.29, 0.717) is 5.82 Å². The van der Waals surface area contributed by atoms with Gasteiger partial charge in [0.2, 0.25) is 5.91 Å². The van der Waals surface area contributed by atoms with Gasteiger partial charge < -0.3 is 19.7 Å². The first-order valence-corrected chi connectivity index (χ1v) is 10.3. The van der Waals surface area contributed by atoms with Gasteiger partial charge in [0.25, 0.3) is 0 Å². The summed E-state index contributed by atoms with van der Waals surface area (Å²) < 4.78 is 1.83. The van der Waals surface area contributed by atoms with Gasteiger partial charge in [-0.2, -0.15) is 0 Å². The zero-order valence-electron chi connectivity index (χ0n) is 17.1. The minimum absolute atomic E-state index is 0.151. The first-order valence-electron chi connectivity index (χ1n) is 10.3. The van der Waals surface area contributed by atoms with Crippen LogP contribution in [0.25, 0.3) is 11.0 Å². The second-order valence-corrected chi connectivity index (χ2v) is 7.48. The molecule has 1 saturated heterocycles. The van der Waals surface area contributed by atoms with Crippen molar-refractivity contribution in [2.45, 2.75) is 6.54 Å². The van der Waals surface area contributed by atoms with Crippen LogP contribution in [0, 0.1) is 0 Å². The number of carbonyl (C=O) groups excluding carboxylic acids is 1. The van der Waals surface area contributed by atoms with Crippen LogP contribution in [0.3, 0.4) is 0 Å². The number of fused-ring (bicyclic) bond motifs is 1. The third kappa shape index (κ3) is 4.18. The van der Waals surface area contributed by atoms with E-state index >= 15 is 0 Å². The Kier molecular flexibility index (Phi) is 5.18. The predicted molar refractivity (Wildman–Crippen MR) is 121 cm³/mol. The Morgan fingerprint density at radius 1 is 0.871 bits per heavy atom. The van der Waals surface area contributed by atoms with Gasteiger partial charge in [-0.15, -0.1) is 0 Å². The smallest absolute Gasteiger partial charge is 0.245 e. The van der Waals surface area contributed by atoms with Crippen LogP contribution in [-0.4, -0.2) is 51.6 Å². The zero-order chi connectivity index (χ0) is 21.0. The number of imidazole rings is 1. The molecule has 0 spiro atoms. The van der Waals surface area contributed by atoms with E-state index in [0.717, 1.165) is 43.0 Å². The Bertz CT molecular complexity index is 1180. The van der Waals surface area contributed by atoms with Gasteiger partial charge >= 0.3 is 0 Å². The predicted octanol–water partition coefficient (Wildman–Crippen LogP) is 2.79. The molecule has 0 radical (unpaired) electrons. The fraction of sp³-hybridized carbons (Fsp3) is 0.217. The molecule has 3 heterocycles. The summed E-state index contributed by atoms with van der Waals surface area (Å²) in [6, 6.07) is 20.0. The lowest BCUT2D eigenvalue weighted by molar-refractivity contribution is -0.116. The van der Waals surface area contributed by atoms with Gasteiger partial charge in [0.05, 0.1) is 17.4 Å². The molecule has 31 heavy (non-hydrogen) atoms. The number of benzene rings is 2. The Hall–Kier alpha value is -3.94. The summed E-state index contributed by atoms with van der Waals surface area (Å²) >= 11 is 0. The Morgan fingerprint density at radius 3 is 2.45 bits per heavy atom. The van der Waals surface area contributed by atoms with Gasteiger partial charge in [-0.1, -0.05) is 30.3 Å². The van der Waals surface area contributed by atoms with Crippen LogP contribution in [0.15, 0.2) is 73.3 Å². The maximum absolute atomic E-state index is 12.6. The van der Waals surface area contributed by atoms with Crippen LogP contribution in [0.2, 0.25) is 0 Å². The fourth-order valence-electron chi connectivity index (χ4n) is 3.89. The molecule has 1 N–H and O–H groups in total. The molecule has 0 saturated carbocycles. The van der Waals surface area contributed by atoms with Crippen LogP contribution >= 0.6 is 0 Å². The second-order valence-electron chi connectivity index (χ2n) is 7.48. The van der Waals surface area contributed by atoms with Crippen LogP contribution in [0.1, 0.15) is 0 Å². The number of nitrogens with one attached hydrogen (secondary N) is 1. The normalized spacial score (nSPS) is 14.1. The number of amides is 1. The van der Waals surface area contributed by atoms with Crippen LogP contribution in [-0.2, 0) is 11.3 Å². The van der Waals surface area contributed by atoms with Gasteiger partial charge in [-0.25, -0.2) is 15.0 Å². The molecule has 0 unspecified atom stereocenters. The van der Waals surface area contributed by atoms with Crippen molar-refractivity contribution in [1.29, 1.82) is 0 Å². The van der Waals surface area contributed by atoms with Crippen molar-refractivity contribution >= 4 is 34.3 Å². The molecule has 1 aliphatic heterocycles. The van der Waals surface area contributed by atoms with E-state index in [2.05, 4.69) is 54.3 Å². The molecular formula is C23H23N7O. The Morgan fingerprint density at radius 2 is 1.61 bits per heavy atom. The number of nitrogens with zero attached hydrogens (tertiary/aromatic N) is 6. The Labute approximate surface area is 180 Å². The molecule has 1 aliphatic rings. The molecule has 1 fully saturated rings. The monoisotopic (exact) mass is 413 g/mol. The van der Waals surface area contributed by atoms with Gasteiger partial charge in [0.15, 0.2) is 0 Å². The van der Waals surface area contributed by atoms with Crippen molar-refractivity contribution in [1.82, 2.24) is 19.5 Å². The molecule has 2 aromatic carbocycles. The largest absolute Gasteiger partial charge is 0.368 e. The number of hydrogen-bond acceptors (Lipinski definition) is 6. The first kappa shape index (κ1) is 19.0. The quantitative estimate of drug-likeness (QED) is 0.542. The molecular weight excluding hydrogens is 390 g/mol. The Balaban J connectivity index is 1.22. The first-order chi connectivity index (χ1) is 15.3. The average molecular weight is 413 g/mol. The molecule has 8 heteroatoms. The van der Waals surface area contributed by atoms with E-state index in [4.69, 9.17) is 0 Å². The minimum Gasteiger partial charge on any atom is -0.368 e. The average Bonchev–Trinajstić information content (AvgIpc) is 3.23. The number of hydrogen-bond donors (Lipinski definition) is 1. The van der Waals surface area contributed by atoms with E-state index in [1.54, 1.807) is 6.33 Å². The highest BCUT2D eigenvalue weighted by molar-refractivity contribution is 5.91. The van der Waals surface area contributed by atoms with Crippen molar-refractivity contribution in [3.05, 3.63) is 73.3 Å². The zero-order valence-corrected chi connectivity index (χ0v) is 17.1. The van der Waals surface area contributed by atoms with Crippen molar-refractivity contribution < 1.29 is 4.79 Å². The van der Waals surface area contributed by atoms with Gasteiger partial charge in [0.1, 0.15) is 24.5 Å². The number of aromatic nitrogens is 4. The van der Waals surface area contributed by atoms with Crippen LogP contribution in [0.5, 0.6) is 0 Å². The second kappa shape index (κ2) is 8.43. The van der Waals surface area contributed by atoms with Gasteiger partial charge in [0, 0.05) is 37.9 Å². The molecule has 8 nitrogen and oxygen atoms in total. The highest BCUT2D eigenvalue weighted by atomic mass is 16.2. The lowest BCUT2D eigenvalue weighted by Crippen LogP contribution is -2.46. The maximum Gasteiger partial charge on any atom is 0.245 e. The van der Waals surface area contributed by atoms with E-state index in [1.807, 2.05) is 41.0 Å². The maximum atomic E-state index is 12.6. The summed E-state index contributed by atoms with van der Waals surface area (Å²) in [6.45, 7) is 3.74. The van der Waals surface area contributed by atoms with E-state index in [1.165, 1.54) is 12.0 Å². The fourth-order valence-corrected chi connectivity index (χ4v) is 3.89. The van der Waals surface area contributed by atoms with Gasteiger partial charge in [-0.05, 0) is 24.3 Å². The van der Waals surface area contributed by atoms with Gasteiger partial charge in [-0.3, -0.25) is 4.79 Å². The van der Waals surface area contributed by atoms with E-state index < -0.39 is 0 Å². The van der Waals surface area contributed by atoms with Crippen molar-refractivity contribution in [3.8, 4) is 0 Å². The van der Waals surface area contributed by atoms with Crippen molar-refractivity contribution in [2.75, 3.05) is 41.3 Å². The van der Waals surface area contributed by atoms with Crippen LogP contribution in [0.4, 0.5) is 17.3 Å². The number of para-hydroxylation sites is 3. The molecule has 0 bridgehead atoms. The summed E-state index contributed by atoms with van der Waals surface area (Å²) in [5, 5.41) is 2.88. The summed E-state index contributed by atoms with van der Waals surface area (Å²) in [5.74, 6) is 1.18. The standard InChI is InChI=1S/C23H23N7O/c31-23(15-30-17-26-19-8-4-5-9-20(19)30)27-21-14-22(25-16-24-21)29-12-10-28(11-13-29)18-6-2-1-3-7-18/h1-9,14,16-17H,10-13,15H2,(H,24,25,27,31). The highest BCUT2D eigenvalue weighted by Gasteiger charge is 2.19. The van der Waals surface area contributed by atoms with Crippen molar-refractivity contribution in [3.63, 3.8) is 0 Å². The molecule has 0 aliphatic carbocycles. The summed E-state index contributed by atoms with van der Waals surface area (Å²) in [4.78, 5) is 30.1. The summed E-state index contributed by atoms with van der Waals surface area (Å²) in [5.41, 5.74) is 3.04. The minimum atomic E-state index is -0.151. The number of rotatable bonds is 5. The molecule has 0 atom stereocenters. The van der Waals surface area contributed by atoms with E-state index in [9.17, 15) is 4.79 Å². The number of piperazine rings is 1. The third-order valence-corrected chi connectivity index (χ3v) is 5.49. The topological polar surface area (TPSA) is 79.2 Å². The molecule has 2 aromatic heterocycles. The van der Waals surface area contributed by atoms with E-state index in [-0.39, 0.29) is 12.5 Å². The molecule has 4 aromatic rings. The molecule has 5 rings (SSSR count). The SMILES string of the molecule is O=C(Cn1cnc2ccccc21)Nc1cc(N2CCN(c3ccccc3)CC2)ncn1. The van der Waals surface area contributed by atoms with Crippen molar-refractivity contribution in [2.24, 2.45) is 0 Å². The summed E-state index contributed by atoms with van der Waals surface area (Å²) in [7, 11) is 0. The lowest BCUT2D eigenvalue weighted by atomic mass is 10.2. The number of anilines is 3. The third-order valence-electron chi connectivity index (χ3n) is 5.49. The number of carbonyl (C=O) groups is 1. The van der Waals surface area contributed by atoms with Crippen LogP contribution < -0.4 is 15.1 Å².